The SMILES string of the molecule is CCCOc1ccccc1NC(=O)C(C)CNC.Cl. The molecule has 0 saturated heterocycles. The molecular weight excluding hydrogens is 264 g/mol. The van der Waals surface area contributed by atoms with Gasteiger partial charge in [-0.3, -0.25) is 4.79 Å². The highest BCUT2D eigenvalue weighted by Gasteiger charge is 2.13. The van der Waals surface area contributed by atoms with E-state index in [2.05, 4.69) is 17.6 Å². The Morgan fingerprint density at radius 3 is 2.68 bits per heavy atom. The van der Waals surface area contributed by atoms with Gasteiger partial charge >= 0.3 is 0 Å². The number of para-hydroxylation sites is 2. The molecule has 2 N–H and O–H groups in total. The van der Waals surface area contributed by atoms with Crippen molar-refractivity contribution in [3.05, 3.63) is 24.3 Å². The van der Waals surface area contributed by atoms with E-state index >= 15 is 0 Å². The summed E-state index contributed by atoms with van der Waals surface area (Å²) < 4.78 is 5.60. The molecule has 1 rings (SSSR count). The Morgan fingerprint density at radius 2 is 2.05 bits per heavy atom. The van der Waals surface area contributed by atoms with E-state index in [0.29, 0.717) is 13.2 Å². The second-order valence-corrected chi connectivity index (χ2v) is 4.29. The fourth-order valence-electron chi connectivity index (χ4n) is 1.56. The van der Waals surface area contributed by atoms with Crippen LogP contribution in [0, 0.1) is 5.92 Å². The molecule has 1 unspecified atom stereocenters. The number of rotatable bonds is 7. The summed E-state index contributed by atoms with van der Waals surface area (Å²) in [6.07, 6.45) is 0.943. The number of hydrogen-bond acceptors (Lipinski definition) is 3. The van der Waals surface area contributed by atoms with Crippen molar-refractivity contribution >= 4 is 24.0 Å². The average molecular weight is 287 g/mol. The second-order valence-electron chi connectivity index (χ2n) is 4.29. The predicted molar refractivity (Wildman–Crippen MR) is 81.2 cm³/mol. The normalized spacial score (nSPS) is 11.3. The first-order valence-corrected chi connectivity index (χ1v) is 6.36. The van der Waals surface area contributed by atoms with Crippen LogP contribution >= 0.6 is 12.4 Å². The molecule has 0 heterocycles. The van der Waals surface area contributed by atoms with Crippen molar-refractivity contribution in [2.75, 3.05) is 25.5 Å². The molecule has 0 spiro atoms. The molecule has 0 aromatic heterocycles. The number of halogens is 1. The molecule has 19 heavy (non-hydrogen) atoms. The molecule has 1 aromatic rings. The fraction of sp³-hybridized carbons (Fsp3) is 0.500. The zero-order valence-electron chi connectivity index (χ0n) is 11.7. The third-order valence-electron chi connectivity index (χ3n) is 2.56. The second kappa shape index (κ2) is 9.64. The topological polar surface area (TPSA) is 50.4 Å². The van der Waals surface area contributed by atoms with E-state index in [-0.39, 0.29) is 24.2 Å². The van der Waals surface area contributed by atoms with Crippen LogP contribution in [-0.2, 0) is 4.79 Å². The van der Waals surface area contributed by atoms with Gasteiger partial charge in [0.05, 0.1) is 12.3 Å². The van der Waals surface area contributed by atoms with Gasteiger partial charge in [-0.15, -0.1) is 12.4 Å². The molecule has 0 bridgehead atoms. The molecule has 4 nitrogen and oxygen atoms in total. The Labute approximate surface area is 121 Å². The van der Waals surface area contributed by atoms with E-state index in [0.717, 1.165) is 17.9 Å². The highest BCUT2D eigenvalue weighted by molar-refractivity contribution is 5.93. The van der Waals surface area contributed by atoms with E-state index in [9.17, 15) is 4.79 Å². The summed E-state index contributed by atoms with van der Waals surface area (Å²) in [7, 11) is 1.84. The Balaban J connectivity index is 0.00000324. The molecule has 108 valence electrons. The molecule has 0 aliphatic rings. The van der Waals surface area contributed by atoms with Gasteiger partial charge in [0.2, 0.25) is 5.91 Å². The summed E-state index contributed by atoms with van der Waals surface area (Å²) in [6.45, 7) is 5.25. The summed E-state index contributed by atoms with van der Waals surface area (Å²) in [5, 5.41) is 5.89. The van der Waals surface area contributed by atoms with Gasteiger partial charge in [-0.05, 0) is 25.6 Å². The summed E-state index contributed by atoms with van der Waals surface area (Å²) in [4.78, 5) is 11.9. The molecule has 0 saturated carbocycles. The fourth-order valence-corrected chi connectivity index (χ4v) is 1.56. The molecule has 0 aliphatic heterocycles. The smallest absolute Gasteiger partial charge is 0.228 e. The van der Waals surface area contributed by atoms with Crippen molar-refractivity contribution in [3.63, 3.8) is 0 Å². The minimum atomic E-state index is -0.0748. The van der Waals surface area contributed by atoms with Crippen LogP contribution in [0.1, 0.15) is 20.3 Å². The summed E-state index contributed by atoms with van der Waals surface area (Å²) in [6, 6.07) is 7.51. The molecule has 0 fully saturated rings. The lowest BCUT2D eigenvalue weighted by molar-refractivity contribution is -0.119. The minimum Gasteiger partial charge on any atom is -0.491 e. The quantitative estimate of drug-likeness (QED) is 0.810. The lowest BCUT2D eigenvalue weighted by atomic mass is 10.1. The van der Waals surface area contributed by atoms with E-state index in [4.69, 9.17) is 4.74 Å². The minimum absolute atomic E-state index is 0. The number of hydrogen-bond donors (Lipinski definition) is 2. The Bertz CT molecular complexity index is 385. The molecule has 5 heteroatoms. The zero-order valence-corrected chi connectivity index (χ0v) is 12.5. The lowest BCUT2D eigenvalue weighted by Gasteiger charge is -2.14. The van der Waals surface area contributed by atoms with Gasteiger partial charge in [0.1, 0.15) is 5.75 Å². The molecule has 1 amide bonds. The molecule has 0 aliphatic carbocycles. The van der Waals surface area contributed by atoms with Gasteiger partial charge in [-0.2, -0.15) is 0 Å². The van der Waals surface area contributed by atoms with Gasteiger partial charge in [0.15, 0.2) is 0 Å². The summed E-state index contributed by atoms with van der Waals surface area (Å²) in [5.41, 5.74) is 0.735. The maximum absolute atomic E-state index is 11.9. The molecule has 1 aromatic carbocycles. The maximum Gasteiger partial charge on any atom is 0.228 e. The van der Waals surface area contributed by atoms with Crippen LogP contribution in [0.25, 0.3) is 0 Å². The number of amides is 1. The number of nitrogens with one attached hydrogen (secondary N) is 2. The van der Waals surface area contributed by atoms with Gasteiger partial charge in [0.25, 0.3) is 0 Å². The third kappa shape index (κ3) is 5.94. The van der Waals surface area contributed by atoms with Crippen molar-refractivity contribution in [2.45, 2.75) is 20.3 Å². The van der Waals surface area contributed by atoms with Crippen molar-refractivity contribution in [1.82, 2.24) is 5.32 Å². The average Bonchev–Trinajstić information content (AvgIpc) is 2.38. The lowest BCUT2D eigenvalue weighted by Crippen LogP contribution is -2.28. The highest BCUT2D eigenvalue weighted by Crippen LogP contribution is 2.24. The first-order valence-electron chi connectivity index (χ1n) is 6.36. The largest absolute Gasteiger partial charge is 0.491 e. The number of carbonyl (C=O) groups is 1. The Morgan fingerprint density at radius 1 is 1.37 bits per heavy atom. The van der Waals surface area contributed by atoms with Crippen LogP contribution in [-0.4, -0.2) is 26.1 Å². The van der Waals surface area contributed by atoms with Crippen molar-refractivity contribution in [2.24, 2.45) is 5.92 Å². The van der Waals surface area contributed by atoms with E-state index in [1.807, 2.05) is 38.2 Å². The van der Waals surface area contributed by atoms with Gasteiger partial charge in [0, 0.05) is 12.5 Å². The van der Waals surface area contributed by atoms with Crippen molar-refractivity contribution < 1.29 is 9.53 Å². The van der Waals surface area contributed by atoms with Crippen molar-refractivity contribution in [1.29, 1.82) is 0 Å². The van der Waals surface area contributed by atoms with Crippen molar-refractivity contribution in [3.8, 4) is 5.75 Å². The highest BCUT2D eigenvalue weighted by atomic mass is 35.5. The number of anilines is 1. The molecule has 1 atom stereocenters. The van der Waals surface area contributed by atoms with Crippen LogP contribution < -0.4 is 15.4 Å². The van der Waals surface area contributed by atoms with E-state index in [1.165, 1.54) is 0 Å². The van der Waals surface area contributed by atoms with Crippen LogP contribution in [0.3, 0.4) is 0 Å². The third-order valence-corrected chi connectivity index (χ3v) is 2.56. The first kappa shape index (κ1) is 17.7. The van der Waals surface area contributed by atoms with Crippen LogP contribution in [0.4, 0.5) is 5.69 Å². The first-order chi connectivity index (χ1) is 8.69. The Hall–Kier alpha value is -1.26. The summed E-state index contributed by atoms with van der Waals surface area (Å²) >= 11 is 0. The molecule has 0 radical (unpaired) electrons. The standard InChI is InChI=1S/C14H22N2O2.ClH/c1-4-9-18-13-8-6-5-7-12(13)16-14(17)11(2)10-15-3;/h5-8,11,15H,4,9-10H2,1-3H3,(H,16,17);1H. The van der Waals surface area contributed by atoms with Crippen LogP contribution in [0.2, 0.25) is 0 Å². The van der Waals surface area contributed by atoms with Gasteiger partial charge < -0.3 is 15.4 Å². The van der Waals surface area contributed by atoms with Crippen LogP contribution in [0.5, 0.6) is 5.75 Å². The maximum atomic E-state index is 11.9. The van der Waals surface area contributed by atoms with Gasteiger partial charge in [-0.25, -0.2) is 0 Å². The van der Waals surface area contributed by atoms with Crippen LogP contribution in [0.15, 0.2) is 24.3 Å². The zero-order chi connectivity index (χ0) is 13.4. The Kier molecular flexibility index (Phi) is 9.00. The summed E-state index contributed by atoms with van der Waals surface area (Å²) in [5.74, 6) is 0.649. The number of ether oxygens (including phenoxy) is 1. The monoisotopic (exact) mass is 286 g/mol. The van der Waals surface area contributed by atoms with E-state index < -0.39 is 0 Å². The molecular formula is C14H23ClN2O2. The number of benzene rings is 1. The van der Waals surface area contributed by atoms with E-state index in [1.54, 1.807) is 0 Å². The number of carbonyl (C=O) groups excluding carboxylic acids is 1. The van der Waals surface area contributed by atoms with Gasteiger partial charge in [-0.1, -0.05) is 26.0 Å². The predicted octanol–water partition coefficient (Wildman–Crippen LogP) is 2.69.